The van der Waals surface area contributed by atoms with Crippen molar-refractivity contribution < 1.29 is 5.11 Å². The molecule has 0 radical (unpaired) electrons. The van der Waals surface area contributed by atoms with Gasteiger partial charge in [0.25, 0.3) is 0 Å². The van der Waals surface area contributed by atoms with Gasteiger partial charge in [0.1, 0.15) is 0 Å². The van der Waals surface area contributed by atoms with Crippen LogP contribution >= 0.6 is 11.8 Å². The fraction of sp³-hybridized carbons (Fsp3) is 1.00. The first kappa shape index (κ1) is 10.4. The molecular formula is C9H19NOS. The van der Waals surface area contributed by atoms with Crippen LogP contribution in [-0.4, -0.2) is 28.8 Å². The highest BCUT2D eigenvalue weighted by atomic mass is 32.2. The van der Waals surface area contributed by atoms with Crippen LogP contribution in [0.3, 0.4) is 0 Å². The van der Waals surface area contributed by atoms with E-state index in [1.165, 1.54) is 25.7 Å². The summed E-state index contributed by atoms with van der Waals surface area (Å²) >= 11 is 2.01. The van der Waals surface area contributed by atoms with Crippen LogP contribution in [0.5, 0.6) is 0 Å². The molecule has 0 aromatic carbocycles. The monoisotopic (exact) mass is 189 g/mol. The van der Waals surface area contributed by atoms with Crippen LogP contribution in [-0.2, 0) is 0 Å². The normalized spacial score (nSPS) is 30.5. The molecule has 1 saturated carbocycles. The number of hydrogen-bond acceptors (Lipinski definition) is 3. The van der Waals surface area contributed by atoms with Crippen LogP contribution in [0.1, 0.15) is 32.1 Å². The molecule has 0 aromatic rings. The second-order valence-corrected chi connectivity index (χ2v) is 4.89. The minimum absolute atomic E-state index is 0.333. The topological polar surface area (TPSA) is 46.2 Å². The van der Waals surface area contributed by atoms with Crippen molar-refractivity contribution in [3.8, 4) is 0 Å². The summed E-state index contributed by atoms with van der Waals surface area (Å²) in [4.78, 5) is 0. The van der Waals surface area contributed by atoms with Crippen molar-refractivity contribution in [2.45, 2.75) is 43.4 Å². The minimum atomic E-state index is 0.333. The summed E-state index contributed by atoms with van der Waals surface area (Å²) in [5, 5.41) is 9.42. The molecule has 0 spiro atoms. The lowest BCUT2D eigenvalue weighted by molar-refractivity contribution is 0.296. The number of aliphatic hydroxyl groups is 1. The Morgan fingerprint density at radius 2 is 1.92 bits per heavy atom. The highest BCUT2D eigenvalue weighted by molar-refractivity contribution is 7.99. The van der Waals surface area contributed by atoms with E-state index in [1.807, 2.05) is 11.8 Å². The van der Waals surface area contributed by atoms with Gasteiger partial charge in [-0.1, -0.05) is 0 Å². The Hall–Kier alpha value is 0.270. The van der Waals surface area contributed by atoms with Crippen LogP contribution in [0.15, 0.2) is 0 Å². The van der Waals surface area contributed by atoms with Gasteiger partial charge in [-0.15, -0.1) is 0 Å². The van der Waals surface area contributed by atoms with Gasteiger partial charge < -0.3 is 10.8 Å². The molecule has 1 aliphatic rings. The second-order valence-electron chi connectivity index (χ2n) is 3.48. The third-order valence-corrected chi connectivity index (χ3v) is 3.84. The summed E-state index contributed by atoms with van der Waals surface area (Å²) in [7, 11) is 0. The quantitative estimate of drug-likeness (QED) is 0.657. The molecule has 3 heteroatoms. The number of thioether (sulfide) groups is 1. The standard InChI is InChI=1S/C9H19NOS/c10-8-2-4-9(5-3-8)12-7-1-6-11/h8-9,11H,1-7,10H2. The Balaban J connectivity index is 2.01. The first-order valence-electron chi connectivity index (χ1n) is 4.81. The van der Waals surface area contributed by atoms with Crippen molar-refractivity contribution >= 4 is 11.8 Å². The molecule has 2 nitrogen and oxygen atoms in total. The van der Waals surface area contributed by atoms with Crippen molar-refractivity contribution in [3.05, 3.63) is 0 Å². The van der Waals surface area contributed by atoms with Gasteiger partial charge in [0.15, 0.2) is 0 Å². The van der Waals surface area contributed by atoms with E-state index in [0.717, 1.165) is 17.4 Å². The average Bonchev–Trinajstić information content (AvgIpc) is 2.09. The van der Waals surface area contributed by atoms with Gasteiger partial charge in [0.2, 0.25) is 0 Å². The van der Waals surface area contributed by atoms with E-state index in [1.54, 1.807) is 0 Å². The summed E-state index contributed by atoms with van der Waals surface area (Å²) in [5.74, 6) is 1.11. The Bertz CT molecular complexity index is 113. The van der Waals surface area contributed by atoms with Crippen LogP contribution < -0.4 is 5.73 Å². The maximum absolute atomic E-state index is 8.60. The fourth-order valence-corrected chi connectivity index (χ4v) is 2.80. The van der Waals surface area contributed by atoms with E-state index < -0.39 is 0 Å². The van der Waals surface area contributed by atoms with Crippen LogP contribution in [0.25, 0.3) is 0 Å². The predicted octanol–water partition coefficient (Wildman–Crippen LogP) is 1.37. The van der Waals surface area contributed by atoms with E-state index in [-0.39, 0.29) is 0 Å². The first-order valence-corrected chi connectivity index (χ1v) is 5.86. The van der Waals surface area contributed by atoms with Gasteiger partial charge in [-0.2, -0.15) is 11.8 Å². The summed E-state index contributed by atoms with van der Waals surface area (Å²) in [6.45, 7) is 0.333. The van der Waals surface area contributed by atoms with E-state index in [4.69, 9.17) is 10.8 Å². The van der Waals surface area contributed by atoms with Crippen molar-refractivity contribution in [1.82, 2.24) is 0 Å². The Labute approximate surface area is 78.9 Å². The van der Waals surface area contributed by atoms with Crippen molar-refractivity contribution in [3.63, 3.8) is 0 Å². The van der Waals surface area contributed by atoms with E-state index in [2.05, 4.69) is 0 Å². The highest BCUT2D eigenvalue weighted by Crippen LogP contribution is 2.27. The van der Waals surface area contributed by atoms with Crippen molar-refractivity contribution in [1.29, 1.82) is 0 Å². The summed E-state index contributed by atoms with van der Waals surface area (Å²) in [6.07, 6.45) is 5.87. The Morgan fingerprint density at radius 3 is 2.50 bits per heavy atom. The van der Waals surface area contributed by atoms with Gasteiger partial charge in [0, 0.05) is 17.9 Å². The zero-order chi connectivity index (χ0) is 8.81. The number of aliphatic hydroxyl groups excluding tert-OH is 1. The van der Waals surface area contributed by atoms with Gasteiger partial charge in [-0.25, -0.2) is 0 Å². The molecule has 0 atom stereocenters. The minimum Gasteiger partial charge on any atom is -0.396 e. The molecule has 0 aromatic heterocycles. The molecule has 1 aliphatic carbocycles. The second kappa shape index (κ2) is 5.84. The van der Waals surface area contributed by atoms with E-state index in [0.29, 0.717) is 12.6 Å². The Kier molecular flexibility index (Phi) is 5.04. The molecule has 0 bridgehead atoms. The molecule has 12 heavy (non-hydrogen) atoms. The smallest absolute Gasteiger partial charge is 0.0438 e. The number of nitrogens with two attached hydrogens (primary N) is 1. The first-order chi connectivity index (χ1) is 5.83. The summed E-state index contributed by atoms with van der Waals surface area (Å²) in [5.41, 5.74) is 5.80. The molecule has 0 heterocycles. The van der Waals surface area contributed by atoms with Crippen LogP contribution in [0, 0.1) is 0 Å². The fourth-order valence-electron chi connectivity index (χ4n) is 1.57. The highest BCUT2D eigenvalue weighted by Gasteiger charge is 2.17. The summed E-state index contributed by atoms with van der Waals surface area (Å²) < 4.78 is 0. The molecule has 72 valence electrons. The lowest BCUT2D eigenvalue weighted by atomic mass is 9.96. The van der Waals surface area contributed by atoms with Crippen LogP contribution in [0.4, 0.5) is 0 Å². The zero-order valence-electron chi connectivity index (χ0n) is 7.54. The molecule has 1 fully saturated rings. The molecule has 1 rings (SSSR count). The SMILES string of the molecule is NC1CCC(SCCCO)CC1. The third-order valence-electron chi connectivity index (χ3n) is 2.37. The van der Waals surface area contributed by atoms with Gasteiger partial charge in [-0.05, 0) is 37.9 Å². The molecule has 0 amide bonds. The lowest BCUT2D eigenvalue weighted by Gasteiger charge is -2.25. The maximum atomic E-state index is 8.60. The molecule has 0 aliphatic heterocycles. The van der Waals surface area contributed by atoms with Crippen molar-refractivity contribution in [2.75, 3.05) is 12.4 Å². The van der Waals surface area contributed by atoms with E-state index in [9.17, 15) is 0 Å². The summed E-state index contributed by atoms with van der Waals surface area (Å²) in [6, 6.07) is 0.458. The van der Waals surface area contributed by atoms with Gasteiger partial charge in [0.05, 0.1) is 0 Å². The third kappa shape index (κ3) is 3.78. The largest absolute Gasteiger partial charge is 0.396 e. The molecule has 0 unspecified atom stereocenters. The van der Waals surface area contributed by atoms with Crippen LogP contribution in [0.2, 0.25) is 0 Å². The van der Waals surface area contributed by atoms with Crippen molar-refractivity contribution in [2.24, 2.45) is 5.73 Å². The molecular weight excluding hydrogens is 170 g/mol. The lowest BCUT2D eigenvalue weighted by Crippen LogP contribution is -2.27. The number of hydrogen-bond donors (Lipinski definition) is 2. The van der Waals surface area contributed by atoms with E-state index >= 15 is 0 Å². The number of rotatable bonds is 4. The maximum Gasteiger partial charge on any atom is 0.0438 e. The Morgan fingerprint density at radius 1 is 1.25 bits per heavy atom. The van der Waals surface area contributed by atoms with Gasteiger partial charge in [-0.3, -0.25) is 0 Å². The predicted molar refractivity (Wildman–Crippen MR) is 54.4 cm³/mol. The molecule has 0 saturated heterocycles. The van der Waals surface area contributed by atoms with Gasteiger partial charge >= 0.3 is 0 Å². The zero-order valence-corrected chi connectivity index (χ0v) is 8.35. The molecule has 3 N–H and O–H groups in total. The average molecular weight is 189 g/mol.